The molecule has 0 unspecified atom stereocenters. The van der Waals surface area contributed by atoms with Gasteiger partial charge >= 0.3 is 5.97 Å². The summed E-state index contributed by atoms with van der Waals surface area (Å²) >= 11 is 0. The second kappa shape index (κ2) is 10.1. The third-order valence-corrected chi connectivity index (χ3v) is 6.48. The van der Waals surface area contributed by atoms with E-state index in [0.29, 0.717) is 28.1 Å². The van der Waals surface area contributed by atoms with Crippen molar-refractivity contribution in [2.24, 2.45) is 0 Å². The van der Waals surface area contributed by atoms with Crippen LogP contribution in [-0.4, -0.2) is 42.0 Å². The van der Waals surface area contributed by atoms with E-state index in [-0.39, 0.29) is 5.91 Å². The molecule has 3 heterocycles. The first kappa shape index (κ1) is 22.8. The number of hydrogen-bond acceptors (Lipinski definition) is 6. The molecule has 3 aromatic rings. The van der Waals surface area contributed by atoms with E-state index in [0.717, 1.165) is 30.9 Å². The molecule has 1 amide bonds. The van der Waals surface area contributed by atoms with Crippen molar-refractivity contribution in [3.8, 4) is 0 Å². The predicted octanol–water partition coefficient (Wildman–Crippen LogP) is 4.79. The number of methoxy groups -OCH3 is 1. The minimum Gasteiger partial charge on any atom is -0.465 e. The van der Waals surface area contributed by atoms with Crippen LogP contribution in [-0.2, 0) is 16.1 Å². The first-order valence-corrected chi connectivity index (χ1v) is 11.9. The third-order valence-electron chi connectivity index (χ3n) is 6.48. The number of carbonyl (C=O) groups excluding carboxylic acids is 2. The number of benzene rings is 2. The van der Waals surface area contributed by atoms with Crippen molar-refractivity contribution in [1.82, 2.24) is 9.88 Å². The average molecular weight is 469 g/mol. The summed E-state index contributed by atoms with van der Waals surface area (Å²) in [5.41, 5.74) is 5.76. The molecule has 0 radical (unpaired) electrons. The number of ether oxygens (including phenoxy) is 1. The SMILES string of the molecule is COC(=O)c1ccc2c(c1)/C(=C(/Nc1ccc(CN3CCCCC3)cc1)c1ccncc1)C(=O)N2. The molecule has 1 fully saturated rings. The monoisotopic (exact) mass is 468 g/mol. The summed E-state index contributed by atoms with van der Waals surface area (Å²) in [6.45, 7) is 3.26. The molecular formula is C28H28N4O3. The van der Waals surface area contributed by atoms with Crippen LogP contribution in [0.3, 0.4) is 0 Å². The number of likely N-dealkylation sites (tertiary alicyclic amines) is 1. The lowest BCUT2D eigenvalue weighted by Gasteiger charge is -2.26. The minimum atomic E-state index is -0.450. The molecule has 0 atom stereocenters. The van der Waals surface area contributed by atoms with E-state index in [1.807, 2.05) is 24.3 Å². The third kappa shape index (κ3) is 4.95. The Hall–Kier alpha value is -3.97. The van der Waals surface area contributed by atoms with E-state index >= 15 is 0 Å². The number of anilines is 2. The quantitative estimate of drug-likeness (QED) is 0.400. The fourth-order valence-electron chi connectivity index (χ4n) is 4.67. The Balaban J connectivity index is 1.50. The summed E-state index contributed by atoms with van der Waals surface area (Å²) in [6, 6.07) is 17.1. The summed E-state index contributed by atoms with van der Waals surface area (Å²) < 4.78 is 4.88. The number of amides is 1. The van der Waals surface area contributed by atoms with Gasteiger partial charge in [0.25, 0.3) is 5.91 Å². The number of nitrogens with zero attached hydrogens (tertiary/aromatic N) is 2. The first-order valence-electron chi connectivity index (χ1n) is 11.9. The highest BCUT2D eigenvalue weighted by Gasteiger charge is 2.29. The van der Waals surface area contributed by atoms with Gasteiger partial charge in [-0.3, -0.25) is 14.7 Å². The second-order valence-corrected chi connectivity index (χ2v) is 8.85. The molecule has 2 aromatic carbocycles. The molecule has 0 saturated carbocycles. The molecule has 1 aromatic heterocycles. The van der Waals surface area contributed by atoms with Crippen molar-refractivity contribution in [2.75, 3.05) is 30.8 Å². The summed E-state index contributed by atoms with van der Waals surface area (Å²) in [6.07, 6.45) is 7.24. The number of hydrogen-bond donors (Lipinski definition) is 2. The first-order chi connectivity index (χ1) is 17.1. The van der Waals surface area contributed by atoms with Crippen LogP contribution < -0.4 is 10.6 Å². The van der Waals surface area contributed by atoms with Crippen LogP contribution in [0.15, 0.2) is 67.0 Å². The van der Waals surface area contributed by atoms with E-state index in [1.54, 1.807) is 30.6 Å². The Bertz CT molecular complexity index is 1260. The highest BCUT2D eigenvalue weighted by molar-refractivity contribution is 6.37. The highest BCUT2D eigenvalue weighted by atomic mass is 16.5. The van der Waals surface area contributed by atoms with Crippen LogP contribution in [0.5, 0.6) is 0 Å². The van der Waals surface area contributed by atoms with Gasteiger partial charge in [0.2, 0.25) is 0 Å². The van der Waals surface area contributed by atoms with Gasteiger partial charge in [0.1, 0.15) is 0 Å². The van der Waals surface area contributed by atoms with Gasteiger partial charge in [-0.25, -0.2) is 4.79 Å². The predicted molar refractivity (Wildman–Crippen MR) is 137 cm³/mol. The molecule has 0 spiro atoms. The molecule has 2 N–H and O–H groups in total. The largest absolute Gasteiger partial charge is 0.465 e. The Morgan fingerprint density at radius 3 is 2.46 bits per heavy atom. The molecule has 0 bridgehead atoms. The zero-order chi connectivity index (χ0) is 24.2. The van der Waals surface area contributed by atoms with Gasteiger partial charge in [-0.15, -0.1) is 0 Å². The van der Waals surface area contributed by atoms with Crippen molar-refractivity contribution in [3.05, 3.63) is 89.2 Å². The van der Waals surface area contributed by atoms with Crippen LogP contribution >= 0.6 is 0 Å². The lowest BCUT2D eigenvalue weighted by Crippen LogP contribution is -2.29. The van der Waals surface area contributed by atoms with Crippen molar-refractivity contribution < 1.29 is 14.3 Å². The molecule has 0 aliphatic carbocycles. The number of aromatic nitrogens is 1. The summed E-state index contributed by atoms with van der Waals surface area (Å²) in [4.78, 5) is 31.9. The maximum Gasteiger partial charge on any atom is 0.337 e. The van der Waals surface area contributed by atoms with Gasteiger partial charge in [0, 0.05) is 41.4 Å². The molecule has 7 nitrogen and oxygen atoms in total. The summed E-state index contributed by atoms with van der Waals surface area (Å²) in [5.74, 6) is -0.683. The molecule has 2 aliphatic rings. The number of piperidine rings is 1. The smallest absolute Gasteiger partial charge is 0.337 e. The lowest BCUT2D eigenvalue weighted by atomic mass is 9.99. The number of rotatable bonds is 6. The van der Waals surface area contributed by atoms with Crippen LogP contribution in [0.1, 0.15) is 46.3 Å². The maximum atomic E-state index is 13.1. The molecule has 35 heavy (non-hydrogen) atoms. The number of fused-ring (bicyclic) bond motifs is 1. The van der Waals surface area contributed by atoms with Gasteiger partial charge in [0.15, 0.2) is 0 Å². The number of carbonyl (C=O) groups is 2. The number of esters is 1. The molecule has 1 saturated heterocycles. The molecule has 2 aliphatic heterocycles. The second-order valence-electron chi connectivity index (χ2n) is 8.85. The Morgan fingerprint density at radius 1 is 1.00 bits per heavy atom. The van der Waals surface area contributed by atoms with Gasteiger partial charge < -0.3 is 15.4 Å². The van der Waals surface area contributed by atoms with Crippen LogP contribution in [0.25, 0.3) is 11.3 Å². The van der Waals surface area contributed by atoms with Crippen LogP contribution in [0.2, 0.25) is 0 Å². The highest BCUT2D eigenvalue weighted by Crippen LogP contribution is 2.38. The van der Waals surface area contributed by atoms with Gasteiger partial charge in [0.05, 0.1) is 23.9 Å². The van der Waals surface area contributed by atoms with Crippen molar-refractivity contribution in [2.45, 2.75) is 25.8 Å². The van der Waals surface area contributed by atoms with E-state index in [9.17, 15) is 9.59 Å². The van der Waals surface area contributed by atoms with Crippen molar-refractivity contribution >= 4 is 34.5 Å². The average Bonchev–Trinajstić information content (AvgIpc) is 3.23. The summed E-state index contributed by atoms with van der Waals surface area (Å²) in [7, 11) is 1.34. The zero-order valence-corrected chi connectivity index (χ0v) is 19.7. The summed E-state index contributed by atoms with van der Waals surface area (Å²) in [5, 5.41) is 6.38. The Labute approximate surface area is 204 Å². The standard InChI is InChI=1S/C28H28N4O3/c1-35-28(34)21-7-10-24-23(17-21)25(27(33)31-24)26(20-11-13-29-14-12-20)30-22-8-5-19(6-9-22)18-32-15-3-2-4-16-32/h5-14,17,30H,2-4,15-16,18H2,1H3,(H,31,33)/b26-25-. The minimum absolute atomic E-state index is 0.233. The van der Waals surface area contributed by atoms with Crippen molar-refractivity contribution in [3.63, 3.8) is 0 Å². The Morgan fingerprint density at radius 2 is 1.74 bits per heavy atom. The van der Waals surface area contributed by atoms with Crippen LogP contribution in [0, 0.1) is 0 Å². The van der Waals surface area contributed by atoms with E-state index < -0.39 is 5.97 Å². The molecular weight excluding hydrogens is 440 g/mol. The lowest BCUT2D eigenvalue weighted by molar-refractivity contribution is -0.110. The van der Waals surface area contributed by atoms with Gasteiger partial charge in [-0.1, -0.05) is 18.6 Å². The maximum absolute atomic E-state index is 13.1. The zero-order valence-electron chi connectivity index (χ0n) is 19.7. The fraction of sp³-hybridized carbons (Fsp3) is 0.250. The topological polar surface area (TPSA) is 83.6 Å². The fourth-order valence-corrected chi connectivity index (χ4v) is 4.67. The van der Waals surface area contributed by atoms with Crippen LogP contribution in [0.4, 0.5) is 11.4 Å². The normalized spacial score (nSPS) is 16.9. The van der Waals surface area contributed by atoms with Gasteiger partial charge in [-0.05, 0) is 74.0 Å². The van der Waals surface area contributed by atoms with Gasteiger partial charge in [-0.2, -0.15) is 0 Å². The number of pyridine rings is 1. The number of nitrogens with one attached hydrogen (secondary N) is 2. The van der Waals surface area contributed by atoms with E-state index in [2.05, 4.69) is 32.7 Å². The van der Waals surface area contributed by atoms with E-state index in [1.165, 1.54) is 31.9 Å². The Kier molecular flexibility index (Phi) is 6.59. The molecule has 5 rings (SSSR count). The van der Waals surface area contributed by atoms with E-state index in [4.69, 9.17) is 4.74 Å². The molecule has 178 valence electrons. The molecule has 7 heteroatoms. The van der Waals surface area contributed by atoms with Crippen molar-refractivity contribution in [1.29, 1.82) is 0 Å².